The Labute approximate surface area is 47.5 Å². The van der Waals surface area contributed by atoms with Crippen LogP contribution in [0.1, 0.15) is 6.92 Å². The third kappa shape index (κ3) is 3.39. The zero-order valence-corrected chi connectivity index (χ0v) is 4.83. The van der Waals surface area contributed by atoms with Crippen molar-refractivity contribution in [2.24, 2.45) is 0 Å². The van der Waals surface area contributed by atoms with Crippen molar-refractivity contribution in [2.45, 2.75) is 6.92 Å². The van der Waals surface area contributed by atoms with Gasteiger partial charge in [-0.1, -0.05) is 0 Å². The van der Waals surface area contributed by atoms with Crippen LogP contribution in [-0.2, 0) is 9.53 Å². The van der Waals surface area contributed by atoms with Crippen LogP contribution in [0.2, 0.25) is 0 Å². The molecule has 0 saturated heterocycles. The van der Waals surface area contributed by atoms with Crippen LogP contribution in [0.4, 0.5) is 0 Å². The first-order valence-electron chi connectivity index (χ1n) is 1.93. The smallest absolute Gasteiger partial charge is 0.224 e. The van der Waals surface area contributed by atoms with E-state index in [1.54, 1.807) is 6.92 Å². The van der Waals surface area contributed by atoms with E-state index in [0.717, 1.165) is 0 Å². The summed E-state index contributed by atoms with van der Waals surface area (Å²) in [6.45, 7) is 2.24. The predicted molar refractivity (Wildman–Crippen MR) is 30.3 cm³/mol. The molecule has 0 radical (unpaired) electrons. The number of ether oxygens (including phenoxy) is 1. The first kappa shape index (κ1) is 6.56. The maximum absolute atomic E-state index is 9.63. The molecule has 0 atom stereocenters. The fourth-order valence-electron chi connectivity index (χ4n) is 0.176. The number of aldehydes is 1. The summed E-state index contributed by atoms with van der Waals surface area (Å²) in [6.07, 6.45) is 0.513. The molecule has 0 heterocycles. The van der Waals surface area contributed by atoms with E-state index in [2.05, 4.69) is 17.0 Å². The summed E-state index contributed by atoms with van der Waals surface area (Å²) in [4.78, 5) is 9.63. The zero-order chi connectivity index (χ0) is 5.70. The summed E-state index contributed by atoms with van der Waals surface area (Å²) >= 11 is 4.36. The number of carbonyl (C=O) groups is 1. The van der Waals surface area contributed by atoms with Gasteiger partial charge in [0.2, 0.25) is 5.05 Å². The summed E-state index contributed by atoms with van der Waals surface area (Å²) in [5.74, 6) is 0. The van der Waals surface area contributed by atoms with Crippen LogP contribution in [0.15, 0.2) is 0 Å². The fraction of sp³-hybridized carbons (Fsp3) is 0.500. The Morgan fingerprint density at radius 2 is 2.57 bits per heavy atom. The lowest BCUT2D eigenvalue weighted by atomic mass is 10.8. The van der Waals surface area contributed by atoms with Crippen molar-refractivity contribution in [3.05, 3.63) is 0 Å². The van der Waals surface area contributed by atoms with E-state index in [1.165, 1.54) is 0 Å². The van der Waals surface area contributed by atoms with E-state index < -0.39 is 0 Å². The molecule has 0 unspecified atom stereocenters. The summed E-state index contributed by atoms with van der Waals surface area (Å²) < 4.78 is 4.55. The van der Waals surface area contributed by atoms with Gasteiger partial charge in [0, 0.05) is 0 Å². The van der Waals surface area contributed by atoms with Gasteiger partial charge in [0.15, 0.2) is 6.29 Å². The monoisotopic (exact) mass is 118 g/mol. The molecule has 7 heavy (non-hydrogen) atoms. The molecule has 0 aliphatic rings. The van der Waals surface area contributed by atoms with Crippen molar-refractivity contribution < 1.29 is 9.53 Å². The highest BCUT2D eigenvalue weighted by atomic mass is 32.1. The highest BCUT2D eigenvalue weighted by Crippen LogP contribution is 1.73. The van der Waals surface area contributed by atoms with Gasteiger partial charge in [-0.05, 0) is 19.1 Å². The van der Waals surface area contributed by atoms with Crippen LogP contribution in [0.25, 0.3) is 0 Å². The van der Waals surface area contributed by atoms with E-state index in [0.29, 0.717) is 12.9 Å². The molecule has 0 bridgehead atoms. The number of carbonyl (C=O) groups excluding carboxylic acids is 1. The van der Waals surface area contributed by atoms with Gasteiger partial charge >= 0.3 is 0 Å². The van der Waals surface area contributed by atoms with Crippen LogP contribution < -0.4 is 0 Å². The van der Waals surface area contributed by atoms with Crippen LogP contribution in [0.3, 0.4) is 0 Å². The Balaban J connectivity index is 3.17. The Hall–Kier alpha value is -0.440. The second-order valence-corrected chi connectivity index (χ2v) is 1.27. The molecule has 0 aromatic rings. The van der Waals surface area contributed by atoms with Gasteiger partial charge in [0.1, 0.15) is 0 Å². The third-order valence-electron chi connectivity index (χ3n) is 0.383. The van der Waals surface area contributed by atoms with Crippen molar-refractivity contribution in [3.8, 4) is 0 Å². The molecule has 3 heteroatoms. The Morgan fingerprint density at radius 1 is 2.00 bits per heavy atom. The lowest BCUT2D eigenvalue weighted by Gasteiger charge is -1.92. The van der Waals surface area contributed by atoms with E-state index in [1.807, 2.05) is 0 Å². The quantitative estimate of drug-likeness (QED) is 0.391. The molecule has 0 saturated carbocycles. The number of thiocarbonyl (C=S) groups is 1. The molecule has 0 amide bonds. The normalized spacial score (nSPS) is 7.57. The van der Waals surface area contributed by atoms with Crippen molar-refractivity contribution >= 4 is 23.6 Å². The summed E-state index contributed by atoms with van der Waals surface area (Å²) in [6, 6.07) is 0. The average molecular weight is 118 g/mol. The molecule has 0 aromatic heterocycles. The molecule has 0 fully saturated rings. The van der Waals surface area contributed by atoms with Gasteiger partial charge < -0.3 is 4.74 Å². The predicted octanol–water partition coefficient (Wildman–Crippen LogP) is 0.549. The largest absolute Gasteiger partial charge is 0.481 e. The lowest BCUT2D eigenvalue weighted by molar-refractivity contribution is -0.103. The minimum atomic E-state index is 0.0301. The summed E-state index contributed by atoms with van der Waals surface area (Å²) in [7, 11) is 0. The van der Waals surface area contributed by atoms with Gasteiger partial charge in [-0.15, -0.1) is 0 Å². The second-order valence-electron chi connectivity index (χ2n) is 0.870. The second kappa shape index (κ2) is 3.74. The molecule has 0 spiro atoms. The molecule has 0 rings (SSSR count). The molecular weight excluding hydrogens is 112 g/mol. The number of rotatable bonds is 2. The van der Waals surface area contributed by atoms with Gasteiger partial charge in [0.25, 0.3) is 0 Å². The van der Waals surface area contributed by atoms with E-state index in [9.17, 15) is 4.79 Å². The van der Waals surface area contributed by atoms with E-state index >= 15 is 0 Å². The Kier molecular flexibility index (Phi) is 3.50. The molecule has 0 aromatic carbocycles. The van der Waals surface area contributed by atoms with Crippen molar-refractivity contribution in [3.63, 3.8) is 0 Å². The first-order chi connectivity index (χ1) is 3.31. The van der Waals surface area contributed by atoms with E-state index in [4.69, 9.17) is 0 Å². The average Bonchev–Trinajstić information content (AvgIpc) is 1.68. The van der Waals surface area contributed by atoms with Crippen LogP contribution in [0, 0.1) is 0 Å². The van der Waals surface area contributed by atoms with Crippen LogP contribution >= 0.6 is 12.2 Å². The van der Waals surface area contributed by atoms with Gasteiger partial charge in [0.05, 0.1) is 6.61 Å². The maximum atomic E-state index is 9.63. The Morgan fingerprint density at radius 3 is 2.71 bits per heavy atom. The summed E-state index contributed by atoms with van der Waals surface area (Å²) in [5, 5.41) is 0.0301. The third-order valence-corrected chi connectivity index (χ3v) is 0.597. The number of hydrogen-bond acceptors (Lipinski definition) is 3. The molecule has 40 valence electrons. The van der Waals surface area contributed by atoms with Crippen molar-refractivity contribution in [1.82, 2.24) is 0 Å². The van der Waals surface area contributed by atoms with E-state index in [-0.39, 0.29) is 5.05 Å². The lowest BCUT2D eigenvalue weighted by Crippen LogP contribution is -2.00. The molecule has 0 aliphatic carbocycles. The summed E-state index contributed by atoms with van der Waals surface area (Å²) in [5.41, 5.74) is 0. The first-order valence-corrected chi connectivity index (χ1v) is 2.34. The van der Waals surface area contributed by atoms with Crippen LogP contribution in [-0.4, -0.2) is 17.9 Å². The highest BCUT2D eigenvalue weighted by Gasteiger charge is 1.85. The van der Waals surface area contributed by atoms with Gasteiger partial charge in [-0.3, -0.25) is 4.79 Å². The SMILES string of the molecule is CCOC(=S)C=O. The minimum Gasteiger partial charge on any atom is -0.481 e. The van der Waals surface area contributed by atoms with Crippen molar-refractivity contribution in [1.29, 1.82) is 0 Å². The fourth-order valence-corrected chi connectivity index (χ4v) is 0.294. The molecular formula is C4H6O2S. The Bertz CT molecular complexity index is 79.8. The molecule has 2 nitrogen and oxygen atoms in total. The van der Waals surface area contributed by atoms with Crippen molar-refractivity contribution in [2.75, 3.05) is 6.61 Å². The van der Waals surface area contributed by atoms with Gasteiger partial charge in [-0.2, -0.15) is 0 Å². The maximum Gasteiger partial charge on any atom is 0.224 e. The van der Waals surface area contributed by atoms with Gasteiger partial charge in [-0.25, -0.2) is 0 Å². The number of hydrogen-bond donors (Lipinski definition) is 0. The molecule has 0 N–H and O–H groups in total. The topological polar surface area (TPSA) is 26.3 Å². The standard InChI is InChI=1S/C4H6O2S/c1-2-6-4(7)3-5/h3H,2H2,1H3. The molecule has 0 aliphatic heterocycles. The zero-order valence-electron chi connectivity index (χ0n) is 4.01. The van der Waals surface area contributed by atoms with Crippen LogP contribution in [0.5, 0.6) is 0 Å². The highest BCUT2D eigenvalue weighted by molar-refractivity contribution is 7.81. The minimum absolute atomic E-state index is 0.0301.